The Balaban J connectivity index is 1.30. The van der Waals surface area contributed by atoms with Crippen LogP contribution < -0.4 is 4.90 Å². The van der Waals surface area contributed by atoms with Gasteiger partial charge in [0, 0.05) is 51.1 Å². The summed E-state index contributed by atoms with van der Waals surface area (Å²) < 4.78 is 91.7. The molecular formula is C42H23F6N3. The average Bonchev–Trinajstić information content (AvgIpc) is 3.62. The van der Waals surface area contributed by atoms with Crippen molar-refractivity contribution in [2.45, 2.75) is 0 Å². The highest BCUT2D eigenvalue weighted by Crippen LogP contribution is 2.43. The summed E-state index contributed by atoms with van der Waals surface area (Å²) in [7, 11) is 0. The first-order valence-corrected chi connectivity index (χ1v) is 16.0. The number of rotatable bonds is 5. The van der Waals surface area contributed by atoms with E-state index in [1.807, 2.05) is 60.7 Å². The molecule has 0 aliphatic heterocycles. The third-order valence-electron chi connectivity index (χ3n) is 9.28. The second-order valence-electron chi connectivity index (χ2n) is 12.2. The summed E-state index contributed by atoms with van der Waals surface area (Å²) >= 11 is 0. The van der Waals surface area contributed by atoms with E-state index in [1.165, 1.54) is 36.4 Å². The fourth-order valence-corrected chi connectivity index (χ4v) is 7.13. The Morgan fingerprint density at radius 1 is 0.353 bits per heavy atom. The predicted molar refractivity (Wildman–Crippen MR) is 190 cm³/mol. The van der Waals surface area contributed by atoms with Crippen LogP contribution in [0, 0.1) is 34.9 Å². The van der Waals surface area contributed by atoms with Crippen LogP contribution in [-0.4, -0.2) is 9.13 Å². The fraction of sp³-hybridized carbons (Fsp3) is 0. The Labute approximate surface area is 286 Å². The van der Waals surface area contributed by atoms with Gasteiger partial charge in [-0.15, -0.1) is 0 Å². The molecule has 3 nitrogen and oxygen atoms in total. The van der Waals surface area contributed by atoms with Gasteiger partial charge in [0.25, 0.3) is 0 Å². The maximum absolute atomic E-state index is 15.8. The van der Waals surface area contributed by atoms with Gasteiger partial charge in [-0.1, -0.05) is 36.4 Å². The molecule has 0 unspecified atom stereocenters. The molecule has 0 atom stereocenters. The van der Waals surface area contributed by atoms with Gasteiger partial charge >= 0.3 is 0 Å². The second kappa shape index (κ2) is 11.6. The first-order valence-electron chi connectivity index (χ1n) is 16.0. The fourth-order valence-electron chi connectivity index (χ4n) is 7.13. The van der Waals surface area contributed by atoms with Crippen LogP contribution in [0.4, 0.5) is 43.4 Å². The molecule has 0 saturated carbocycles. The summed E-state index contributed by atoms with van der Waals surface area (Å²) in [6, 6.07) is 35.7. The van der Waals surface area contributed by atoms with Crippen molar-refractivity contribution in [2.24, 2.45) is 0 Å². The molecule has 0 spiro atoms. The molecule has 9 rings (SSSR count). The van der Waals surface area contributed by atoms with Gasteiger partial charge in [0.15, 0.2) is 0 Å². The number of fused-ring (bicyclic) bond motifs is 6. The topological polar surface area (TPSA) is 13.1 Å². The number of para-hydroxylation sites is 2. The highest BCUT2D eigenvalue weighted by molar-refractivity contribution is 6.12. The van der Waals surface area contributed by atoms with E-state index in [1.54, 1.807) is 38.3 Å². The highest BCUT2D eigenvalue weighted by Gasteiger charge is 2.23. The maximum atomic E-state index is 15.8. The zero-order valence-electron chi connectivity index (χ0n) is 26.4. The van der Waals surface area contributed by atoms with Gasteiger partial charge in [0.05, 0.1) is 39.1 Å². The molecule has 2 heterocycles. The number of hydrogen-bond acceptors (Lipinski definition) is 1. The minimum absolute atomic E-state index is 0.0664. The van der Waals surface area contributed by atoms with Crippen LogP contribution in [0.25, 0.3) is 55.0 Å². The van der Waals surface area contributed by atoms with E-state index >= 15 is 13.2 Å². The summed E-state index contributed by atoms with van der Waals surface area (Å²) in [6.07, 6.45) is 0. The SMILES string of the molecule is Fc1ccc(N(c2ccc3c(c2)c2ccccc2n3-c2ccc(F)cc2F)c2ccc3c(c2)c2ccccc2n3-c2ccc(F)cc2F)c(F)c1. The zero-order valence-corrected chi connectivity index (χ0v) is 26.4. The normalized spacial score (nSPS) is 11.7. The Morgan fingerprint density at radius 3 is 1.22 bits per heavy atom. The van der Waals surface area contributed by atoms with Crippen LogP contribution >= 0.6 is 0 Å². The van der Waals surface area contributed by atoms with Crippen molar-refractivity contribution in [1.82, 2.24) is 9.13 Å². The lowest BCUT2D eigenvalue weighted by Gasteiger charge is -2.26. The molecule has 0 bridgehead atoms. The summed E-state index contributed by atoms with van der Waals surface area (Å²) in [4.78, 5) is 1.66. The maximum Gasteiger partial charge on any atom is 0.150 e. The van der Waals surface area contributed by atoms with E-state index in [0.717, 1.165) is 29.0 Å². The molecule has 0 aliphatic carbocycles. The molecule has 9 heteroatoms. The molecular weight excluding hydrogens is 660 g/mol. The average molecular weight is 684 g/mol. The van der Waals surface area contributed by atoms with Crippen LogP contribution in [0.15, 0.2) is 140 Å². The van der Waals surface area contributed by atoms with Crippen molar-refractivity contribution < 1.29 is 26.3 Å². The molecule has 2 aromatic heterocycles. The number of aromatic nitrogens is 2. The van der Waals surface area contributed by atoms with E-state index in [2.05, 4.69) is 0 Å². The minimum Gasteiger partial charge on any atom is -0.308 e. The van der Waals surface area contributed by atoms with Crippen molar-refractivity contribution in [3.63, 3.8) is 0 Å². The van der Waals surface area contributed by atoms with Gasteiger partial charge in [-0.2, -0.15) is 0 Å². The Kier molecular flexibility index (Phi) is 6.93. The van der Waals surface area contributed by atoms with Gasteiger partial charge in [0.2, 0.25) is 0 Å². The zero-order chi connectivity index (χ0) is 35.0. The van der Waals surface area contributed by atoms with E-state index in [-0.39, 0.29) is 17.1 Å². The summed E-state index contributed by atoms with van der Waals surface area (Å²) in [5.74, 6) is -4.40. The van der Waals surface area contributed by atoms with Gasteiger partial charge in [-0.05, 0) is 84.9 Å². The van der Waals surface area contributed by atoms with Crippen molar-refractivity contribution in [2.75, 3.05) is 4.90 Å². The van der Waals surface area contributed by atoms with Crippen molar-refractivity contribution in [1.29, 1.82) is 0 Å². The number of hydrogen-bond donors (Lipinski definition) is 0. The molecule has 0 N–H and O–H groups in total. The monoisotopic (exact) mass is 683 g/mol. The quantitative estimate of drug-likeness (QED) is 0.165. The van der Waals surface area contributed by atoms with Gasteiger partial charge in [-0.3, -0.25) is 0 Å². The van der Waals surface area contributed by atoms with E-state index in [9.17, 15) is 13.2 Å². The molecule has 9 aromatic rings. The summed E-state index contributed by atoms with van der Waals surface area (Å²) in [5.41, 5.74) is 4.04. The first kappa shape index (κ1) is 30.6. The number of benzene rings is 7. The Morgan fingerprint density at radius 2 is 0.765 bits per heavy atom. The molecule has 248 valence electrons. The molecule has 51 heavy (non-hydrogen) atoms. The van der Waals surface area contributed by atoms with Gasteiger partial charge in [0.1, 0.15) is 34.9 Å². The molecule has 0 aliphatic rings. The summed E-state index contributed by atoms with van der Waals surface area (Å²) in [6.45, 7) is 0. The van der Waals surface area contributed by atoms with Crippen molar-refractivity contribution >= 4 is 60.7 Å². The van der Waals surface area contributed by atoms with E-state index < -0.39 is 34.9 Å². The third kappa shape index (κ3) is 4.84. The highest BCUT2D eigenvalue weighted by atomic mass is 19.2. The molecule has 0 radical (unpaired) electrons. The molecule has 7 aromatic carbocycles. The standard InChI is InChI=1S/C42H23F6N3/c43-24-9-14-40(33(46)19-24)49(27-12-17-38-31(22-27)29-5-1-3-7-36(29)50(38)41-15-10-25(44)20-34(41)47)28-13-18-39-32(23-28)30-6-2-4-8-37(30)51(39)42-16-11-26(45)21-35(42)48/h1-23H. The minimum atomic E-state index is -0.804. The number of halogens is 6. The molecule has 0 saturated heterocycles. The lowest BCUT2D eigenvalue weighted by Crippen LogP contribution is -2.12. The van der Waals surface area contributed by atoms with Crippen LogP contribution in [0.5, 0.6) is 0 Å². The lowest BCUT2D eigenvalue weighted by atomic mass is 10.1. The van der Waals surface area contributed by atoms with Crippen LogP contribution in [0.1, 0.15) is 0 Å². The summed E-state index contributed by atoms with van der Waals surface area (Å²) in [5, 5.41) is 2.97. The Bertz CT molecular complexity index is 2680. The molecule has 0 amide bonds. The van der Waals surface area contributed by atoms with Crippen LogP contribution in [0.3, 0.4) is 0 Å². The van der Waals surface area contributed by atoms with E-state index in [4.69, 9.17) is 0 Å². The van der Waals surface area contributed by atoms with Crippen LogP contribution in [-0.2, 0) is 0 Å². The Hall–Kier alpha value is -6.48. The van der Waals surface area contributed by atoms with Gasteiger partial charge in [-0.25, -0.2) is 26.3 Å². The lowest BCUT2D eigenvalue weighted by molar-refractivity contribution is 0.578. The first-order chi connectivity index (χ1) is 24.8. The van der Waals surface area contributed by atoms with E-state index in [0.29, 0.717) is 44.2 Å². The number of anilines is 3. The smallest absolute Gasteiger partial charge is 0.150 e. The van der Waals surface area contributed by atoms with Crippen LogP contribution in [0.2, 0.25) is 0 Å². The van der Waals surface area contributed by atoms with Crippen molar-refractivity contribution in [3.05, 3.63) is 174 Å². The molecule has 0 fully saturated rings. The van der Waals surface area contributed by atoms with Crippen molar-refractivity contribution in [3.8, 4) is 11.4 Å². The third-order valence-corrected chi connectivity index (χ3v) is 9.28. The largest absolute Gasteiger partial charge is 0.308 e. The van der Waals surface area contributed by atoms with Gasteiger partial charge < -0.3 is 14.0 Å². The second-order valence-corrected chi connectivity index (χ2v) is 12.2. The predicted octanol–water partition coefficient (Wildman–Crippen LogP) is 12.2. The number of nitrogens with zero attached hydrogens (tertiary/aromatic N) is 3.